The summed E-state index contributed by atoms with van der Waals surface area (Å²) in [6.07, 6.45) is 0. The van der Waals surface area contributed by atoms with Crippen LogP contribution in [-0.4, -0.2) is 18.3 Å². The van der Waals surface area contributed by atoms with Crippen molar-refractivity contribution in [1.82, 2.24) is 18.3 Å². The van der Waals surface area contributed by atoms with Gasteiger partial charge >= 0.3 is 0 Å². The van der Waals surface area contributed by atoms with Crippen LogP contribution in [-0.2, 0) is 0 Å². The average Bonchev–Trinajstić information content (AvgIpc) is 1.46. The predicted octanol–water partition coefficient (Wildman–Crippen LogP) is 26.0. The number of nitriles is 1. The number of fused-ring (bicyclic) bond motifs is 24. The van der Waals surface area contributed by atoms with Crippen molar-refractivity contribution in [2.45, 2.75) is 0 Å². The maximum atomic E-state index is 13.6. The summed E-state index contributed by atoms with van der Waals surface area (Å²) in [5.41, 5.74) is 14.9. The molecule has 0 unspecified atom stereocenters. The summed E-state index contributed by atoms with van der Waals surface area (Å²) in [6.45, 7) is 10.6. The van der Waals surface area contributed by atoms with Gasteiger partial charge in [-0.1, -0.05) is 249 Å². The molecule has 22 rings (SSSR count). The van der Waals surface area contributed by atoms with Crippen molar-refractivity contribution in [2.24, 2.45) is 0 Å². The Kier molecular flexibility index (Phi) is 11.4. The van der Waals surface area contributed by atoms with E-state index >= 15 is 0 Å². The molecule has 0 N–H and O–H groups in total. The van der Waals surface area contributed by atoms with Crippen LogP contribution in [0.3, 0.4) is 0 Å². The standard InChI is InChI=1S/C92H50N6S2/c1-94-84-89(96-78-37-16-10-30-64(78)65-31-11-17-38-79(65)96)86(97-80-50-55(58-34-20-23-53-21-2-4-24-57(53)58)41-43-66(80)70-45-47-72-68-32-12-18-39-82(68)99-91(72)87(70)97)75(52-93)85(95-76-35-14-8-28-62(76)63-29-9-15-36-77(63)95)90(84)98-81-51-56(74-49-54-22-3-5-25-59(54)60-26-6-7-27-61(60)74)42-44-67(81)71-46-48-73-69-33-13-19-40-83(69)100-92(73)88(71)98/h2-51H. The Labute approximate surface area is 579 Å². The highest BCUT2D eigenvalue weighted by atomic mass is 32.1. The van der Waals surface area contributed by atoms with Gasteiger partial charge < -0.3 is 18.3 Å². The molecule has 6 heterocycles. The molecule has 22 aromatic rings. The quantitative estimate of drug-likeness (QED) is 0.121. The molecule has 6 nitrogen and oxygen atoms in total. The van der Waals surface area contributed by atoms with E-state index in [-0.39, 0.29) is 0 Å². The Morgan fingerprint density at radius 3 is 1.20 bits per heavy atom. The van der Waals surface area contributed by atoms with Gasteiger partial charge in [0.1, 0.15) is 11.6 Å². The van der Waals surface area contributed by atoms with Crippen LogP contribution in [0.4, 0.5) is 5.69 Å². The third kappa shape index (κ3) is 7.42. The summed E-state index contributed by atoms with van der Waals surface area (Å²) in [5, 5.41) is 33.5. The Hall–Kier alpha value is -13.1. The zero-order valence-electron chi connectivity index (χ0n) is 53.4. The van der Waals surface area contributed by atoms with Crippen LogP contribution in [0.15, 0.2) is 303 Å². The molecular weight excluding hydrogens is 1250 g/mol. The lowest BCUT2D eigenvalue weighted by Crippen LogP contribution is -2.14. The minimum Gasteiger partial charge on any atom is -0.317 e. The molecule has 0 spiro atoms. The molecular formula is C92H50N6S2. The van der Waals surface area contributed by atoms with E-state index in [0.717, 1.165) is 151 Å². The number of benzene rings is 16. The predicted molar refractivity (Wildman–Crippen MR) is 424 cm³/mol. The molecule has 0 bridgehead atoms. The Balaban J connectivity index is 1.02. The van der Waals surface area contributed by atoms with Gasteiger partial charge in [0, 0.05) is 74.0 Å². The monoisotopic (exact) mass is 1300 g/mol. The summed E-state index contributed by atoms with van der Waals surface area (Å²) < 4.78 is 14.0. The first kappa shape index (κ1) is 55.1. The van der Waals surface area contributed by atoms with Gasteiger partial charge in [-0.25, -0.2) is 4.85 Å². The Morgan fingerprint density at radius 2 is 0.660 bits per heavy atom. The highest BCUT2D eigenvalue weighted by Crippen LogP contribution is 2.55. The van der Waals surface area contributed by atoms with Gasteiger partial charge in [0.25, 0.3) is 0 Å². The third-order valence-corrected chi connectivity index (χ3v) is 23.8. The topological polar surface area (TPSA) is 47.9 Å². The van der Waals surface area contributed by atoms with Crippen molar-refractivity contribution in [3.63, 3.8) is 0 Å². The summed E-state index contributed by atoms with van der Waals surface area (Å²) in [4.78, 5) is 5.20. The molecule has 8 heteroatoms. The van der Waals surface area contributed by atoms with Crippen LogP contribution < -0.4 is 0 Å². The largest absolute Gasteiger partial charge is 0.317 e. The molecule has 0 atom stereocenters. The normalized spacial score (nSPS) is 12.2. The number of nitrogens with zero attached hydrogens (tertiary/aromatic N) is 6. The van der Waals surface area contributed by atoms with E-state index in [1.807, 2.05) is 0 Å². The SMILES string of the molecule is [C-]#[N+]c1c(-n2c3ccccc3c3ccccc32)c(-n2c3cc(-c4cccc5ccccc45)ccc3c3ccc4c5ccccc5sc4c32)c(C#N)c(-n2c3ccccc3c3ccccc32)c1-n1c2cc(-c3cc4ccccc4c4ccccc34)ccc2c2ccc3c4ccccc4sc3c21. The molecule has 16 aromatic carbocycles. The molecule has 0 aliphatic carbocycles. The van der Waals surface area contributed by atoms with E-state index in [1.165, 1.54) is 30.9 Å². The molecule has 100 heavy (non-hydrogen) atoms. The first-order chi connectivity index (χ1) is 49.6. The van der Waals surface area contributed by atoms with Gasteiger partial charge in [-0.05, 0) is 109 Å². The van der Waals surface area contributed by atoms with Crippen LogP contribution in [0.25, 0.3) is 210 Å². The van der Waals surface area contributed by atoms with Crippen molar-refractivity contribution in [2.75, 3.05) is 0 Å². The van der Waals surface area contributed by atoms with Crippen molar-refractivity contribution in [3.8, 4) is 51.1 Å². The molecule has 6 aromatic heterocycles. The van der Waals surface area contributed by atoms with Crippen LogP contribution in [0.5, 0.6) is 0 Å². The van der Waals surface area contributed by atoms with Crippen LogP contribution in [0.2, 0.25) is 0 Å². The second-order valence-electron chi connectivity index (χ2n) is 26.3. The van der Waals surface area contributed by atoms with Gasteiger partial charge in [-0.2, -0.15) is 5.26 Å². The molecule has 0 aliphatic rings. The van der Waals surface area contributed by atoms with Crippen LogP contribution in [0.1, 0.15) is 5.56 Å². The molecule has 0 saturated heterocycles. The zero-order chi connectivity index (χ0) is 65.6. The first-order valence-corrected chi connectivity index (χ1v) is 35.4. The lowest BCUT2D eigenvalue weighted by molar-refractivity contribution is 1.04. The number of thiophene rings is 2. The molecule has 0 aliphatic heterocycles. The van der Waals surface area contributed by atoms with E-state index < -0.39 is 0 Å². The molecule has 0 radical (unpaired) electrons. The summed E-state index contributed by atoms with van der Waals surface area (Å²) in [5.74, 6) is 0. The highest BCUT2D eigenvalue weighted by molar-refractivity contribution is 7.27. The summed E-state index contributed by atoms with van der Waals surface area (Å²) in [6, 6.07) is 113. The second kappa shape index (κ2) is 20.7. The minimum atomic E-state index is 0.388. The smallest absolute Gasteiger partial charge is 0.238 e. The van der Waals surface area contributed by atoms with Crippen molar-refractivity contribution in [3.05, 3.63) is 320 Å². The van der Waals surface area contributed by atoms with E-state index in [0.29, 0.717) is 34.0 Å². The number of para-hydroxylation sites is 4. The fourth-order valence-corrected chi connectivity index (χ4v) is 19.7. The third-order valence-electron chi connectivity index (χ3n) is 21.4. The van der Waals surface area contributed by atoms with Crippen LogP contribution >= 0.6 is 22.7 Å². The van der Waals surface area contributed by atoms with E-state index in [4.69, 9.17) is 4.85 Å². The fraction of sp³-hybridized carbons (Fsp3) is 0. The molecule has 460 valence electrons. The maximum absolute atomic E-state index is 13.6. The minimum absolute atomic E-state index is 0.388. The van der Waals surface area contributed by atoms with E-state index in [2.05, 4.69) is 328 Å². The Morgan fingerprint density at radius 1 is 0.280 bits per heavy atom. The molecule has 0 amide bonds. The van der Waals surface area contributed by atoms with Crippen molar-refractivity contribution in [1.29, 1.82) is 5.26 Å². The highest BCUT2D eigenvalue weighted by Gasteiger charge is 2.36. The molecule has 0 fully saturated rings. The number of hydrogen-bond donors (Lipinski definition) is 0. The van der Waals surface area contributed by atoms with Gasteiger partial charge in [0.05, 0.1) is 82.9 Å². The van der Waals surface area contributed by atoms with Gasteiger partial charge in [-0.15, -0.1) is 22.7 Å². The lowest BCUT2D eigenvalue weighted by atomic mass is 9.93. The Bertz CT molecular complexity index is 7400. The average molecular weight is 1300 g/mol. The lowest BCUT2D eigenvalue weighted by Gasteiger charge is -2.27. The van der Waals surface area contributed by atoms with E-state index in [9.17, 15) is 11.8 Å². The van der Waals surface area contributed by atoms with Crippen LogP contribution in [0, 0.1) is 17.9 Å². The van der Waals surface area contributed by atoms with Gasteiger partial charge in [-0.3, -0.25) is 0 Å². The number of hydrogen-bond acceptors (Lipinski definition) is 3. The molecule has 0 saturated carbocycles. The fourth-order valence-electron chi connectivity index (χ4n) is 17.2. The van der Waals surface area contributed by atoms with Gasteiger partial charge in [0.2, 0.25) is 5.69 Å². The van der Waals surface area contributed by atoms with E-state index in [1.54, 1.807) is 22.7 Å². The number of aromatic nitrogens is 4. The number of rotatable bonds is 6. The second-order valence-corrected chi connectivity index (χ2v) is 28.4. The summed E-state index contributed by atoms with van der Waals surface area (Å²) in [7, 11) is 0. The van der Waals surface area contributed by atoms with Gasteiger partial charge in [0.15, 0.2) is 0 Å². The first-order valence-electron chi connectivity index (χ1n) is 33.7. The van der Waals surface area contributed by atoms with Crippen molar-refractivity contribution >= 4 is 188 Å². The zero-order valence-corrected chi connectivity index (χ0v) is 55.0. The van der Waals surface area contributed by atoms with Crippen molar-refractivity contribution < 1.29 is 0 Å². The summed E-state index contributed by atoms with van der Waals surface area (Å²) >= 11 is 3.57. The maximum Gasteiger partial charge on any atom is 0.238 e.